The van der Waals surface area contributed by atoms with E-state index in [1.807, 2.05) is 30.3 Å². The molecule has 3 rings (SSSR count). The van der Waals surface area contributed by atoms with Gasteiger partial charge in [0.25, 0.3) is 0 Å². The number of benzene rings is 3. The number of esters is 1. The van der Waals surface area contributed by atoms with Crippen molar-refractivity contribution in [3.63, 3.8) is 0 Å². The Morgan fingerprint density at radius 3 is 1.85 bits per heavy atom. The molecule has 0 radical (unpaired) electrons. The van der Waals surface area contributed by atoms with Gasteiger partial charge in [0.1, 0.15) is 17.2 Å². The minimum absolute atomic E-state index is 0.0822. The van der Waals surface area contributed by atoms with Crippen LogP contribution in [-0.4, -0.2) is 25.0 Å². The fraction of sp³-hybridized carbons (Fsp3) is 0.310. The van der Waals surface area contributed by atoms with Gasteiger partial charge < -0.3 is 14.2 Å². The molecule has 0 aliphatic heterocycles. The molecule has 0 saturated carbocycles. The van der Waals surface area contributed by atoms with Crippen LogP contribution < -0.4 is 14.2 Å². The van der Waals surface area contributed by atoms with Crippen LogP contribution in [0.2, 0.25) is 0 Å². The molecular formula is C29H32O5. The molecule has 0 amide bonds. The molecule has 0 saturated heterocycles. The van der Waals surface area contributed by atoms with Crippen LogP contribution in [0.5, 0.6) is 17.2 Å². The monoisotopic (exact) mass is 460 g/mol. The Labute approximate surface area is 201 Å². The summed E-state index contributed by atoms with van der Waals surface area (Å²) in [6, 6.07) is 22.7. The molecule has 0 spiro atoms. The van der Waals surface area contributed by atoms with Gasteiger partial charge >= 0.3 is 5.97 Å². The third kappa shape index (κ3) is 8.39. The summed E-state index contributed by atoms with van der Waals surface area (Å²) in [4.78, 5) is 24.6. The molecule has 178 valence electrons. The lowest BCUT2D eigenvalue weighted by Crippen LogP contribution is -2.17. The molecular weight excluding hydrogens is 428 g/mol. The van der Waals surface area contributed by atoms with Crippen molar-refractivity contribution in [2.45, 2.75) is 45.4 Å². The largest absolute Gasteiger partial charge is 0.494 e. The number of carbonyl (C=O) groups is 2. The first-order chi connectivity index (χ1) is 16.7. The van der Waals surface area contributed by atoms with Crippen LogP contribution in [0.1, 0.15) is 61.4 Å². The second kappa shape index (κ2) is 13.8. The zero-order valence-corrected chi connectivity index (χ0v) is 19.7. The van der Waals surface area contributed by atoms with Crippen molar-refractivity contribution in [2.24, 2.45) is 0 Å². The first kappa shape index (κ1) is 25.0. The van der Waals surface area contributed by atoms with Crippen LogP contribution in [0.4, 0.5) is 0 Å². The van der Waals surface area contributed by atoms with Gasteiger partial charge in [-0.25, -0.2) is 4.79 Å². The summed E-state index contributed by atoms with van der Waals surface area (Å²) >= 11 is 0. The van der Waals surface area contributed by atoms with Crippen molar-refractivity contribution < 1.29 is 23.8 Å². The highest BCUT2D eigenvalue weighted by molar-refractivity contribution is 6.09. The van der Waals surface area contributed by atoms with Gasteiger partial charge in [0.2, 0.25) is 0 Å². The van der Waals surface area contributed by atoms with E-state index in [0.717, 1.165) is 12.2 Å². The lowest BCUT2D eigenvalue weighted by molar-refractivity contribution is -0.136. The second-order valence-corrected chi connectivity index (χ2v) is 8.07. The summed E-state index contributed by atoms with van der Waals surface area (Å²) in [6.07, 6.45) is 7.36. The Balaban J connectivity index is 1.37. The molecule has 0 bridgehead atoms. The Morgan fingerprint density at radius 2 is 1.18 bits per heavy atom. The standard InChI is InChI=1S/C29H32O5/c1-2-3-4-5-6-10-21-32-25-17-19-26(20-18-25)33-22-28(30)34-27-15-13-24(14-16-27)29(31)23-11-8-7-9-12-23/h7-9,11-20H,2-6,10,21-22H2,1H3. The van der Waals surface area contributed by atoms with Gasteiger partial charge in [0.15, 0.2) is 12.4 Å². The second-order valence-electron chi connectivity index (χ2n) is 8.07. The quantitative estimate of drug-likeness (QED) is 0.117. The molecule has 0 aromatic heterocycles. The molecule has 5 nitrogen and oxygen atoms in total. The zero-order chi connectivity index (χ0) is 24.0. The van der Waals surface area contributed by atoms with Crippen LogP contribution in [0, 0.1) is 0 Å². The molecule has 0 fully saturated rings. The topological polar surface area (TPSA) is 61.8 Å². The Bertz CT molecular complexity index is 1010. The predicted octanol–water partition coefficient (Wildman–Crippen LogP) is 6.64. The van der Waals surface area contributed by atoms with Crippen LogP contribution in [0.3, 0.4) is 0 Å². The van der Waals surface area contributed by atoms with Gasteiger partial charge in [0, 0.05) is 11.1 Å². The van der Waals surface area contributed by atoms with Crippen molar-refractivity contribution >= 4 is 11.8 Å². The van der Waals surface area contributed by atoms with E-state index in [-0.39, 0.29) is 12.4 Å². The van der Waals surface area contributed by atoms with E-state index in [2.05, 4.69) is 6.92 Å². The first-order valence-corrected chi connectivity index (χ1v) is 11.9. The highest BCUT2D eigenvalue weighted by Gasteiger charge is 2.10. The molecule has 3 aromatic carbocycles. The third-order valence-corrected chi connectivity index (χ3v) is 5.33. The van der Waals surface area contributed by atoms with Crippen LogP contribution >= 0.6 is 0 Å². The van der Waals surface area contributed by atoms with Gasteiger partial charge in [-0.3, -0.25) is 4.79 Å². The summed E-state index contributed by atoms with van der Waals surface area (Å²) in [5.74, 6) is 1.10. The molecule has 0 aliphatic carbocycles. The van der Waals surface area contributed by atoms with Crippen molar-refractivity contribution in [3.05, 3.63) is 90.0 Å². The number of hydrogen-bond acceptors (Lipinski definition) is 5. The van der Waals surface area contributed by atoms with Crippen LogP contribution in [0.25, 0.3) is 0 Å². The lowest BCUT2D eigenvalue weighted by Gasteiger charge is -2.09. The van der Waals surface area contributed by atoms with Crippen molar-refractivity contribution in [1.29, 1.82) is 0 Å². The lowest BCUT2D eigenvalue weighted by atomic mass is 10.0. The Morgan fingerprint density at radius 1 is 0.618 bits per heavy atom. The molecule has 0 aliphatic rings. The average Bonchev–Trinajstić information content (AvgIpc) is 2.88. The first-order valence-electron chi connectivity index (χ1n) is 11.9. The number of hydrogen-bond donors (Lipinski definition) is 0. The Kier molecular flexibility index (Phi) is 10.2. The average molecular weight is 461 g/mol. The van der Waals surface area contributed by atoms with Crippen molar-refractivity contribution in [3.8, 4) is 17.2 Å². The van der Waals surface area contributed by atoms with Gasteiger partial charge in [0.05, 0.1) is 6.61 Å². The highest BCUT2D eigenvalue weighted by atomic mass is 16.6. The molecule has 34 heavy (non-hydrogen) atoms. The SMILES string of the molecule is CCCCCCCCOc1ccc(OCC(=O)Oc2ccc(C(=O)c3ccccc3)cc2)cc1. The van der Waals surface area contributed by atoms with Crippen molar-refractivity contribution in [1.82, 2.24) is 0 Å². The summed E-state index contributed by atoms with van der Waals surface area (Å²) < 4.78 is 16.6. The zero-order valence-electron chi connectivity index (χ0n) is 19.7. The van der Waals surface area contributed by atoms with E-state index in [0.29, 0.717) is 29.2 Å². The number of ketones is 1. The molecule has 3 aromatic rings. The highest BCUT2D eigenvalue weighted by Crippen LogP contribution is 2.19. The smallest absolute Gasteiger partial charge is 0.349 e. The van der Waals surface area contributed by atoms with E-state index < -0.39 is 5.97 Å². The fourth-order valence-electron chi connectivity index (χ4n) is 3.44. The minimum Gasteiger partial charge on any atom is -0.494 e. The Hall–Kier alpha value is -3.60. The maximum Gasteiger partial charge on any atom is 0.349 e. The van der Waals surface area contributed by atoms with Gasteiger partial charge in [-0.05, 0) is 55.0 Å². The van der Waals surface area contributed by atoms with Gasteiger partial charge in [-0.2, -0.15) is 0 Å². The summed E-state index contributed by atoms with van der Waals surface area (Å²) in [5.41, 5.74) is 1.14. The molecule has 0 heterocycles. The number of ether oxygens (including phenoxy) is 3. The van der Waals surface area contributed by atoms with Crippen LogP contribution in [0.15, 0.2) is 78.9 Å². The van der Waals surface area contributed by atoms with E-state index in [9.17, 15) is 9.59 Å². The molecule has 0 atom stereocenters. The third-order valence-electron chi connectivity index (χ3n) is 5.33. The fourth-order valence-corrected chi connectivity index (χ4v) is 3.44. The summed E-state index contributed by atoms with van der Waals surface area (Å²) in [6.45, 7) is 2.70. The molecule has 0 unspecified atom stereocenters. The minimum atomic E-state index is -0.523. The maximum atomic E-state index is 12.4. The van der Waals surface area contributed by atoms with Gasteiger partial charge in [-0.1, -0.05) is 69.4 Å². The predicted molar refractivity (Wildman–Crippen MR) is 133 cm³/mol. The van der Waals surface area contributed by atoms with Gasteiger partial charge in [-0.15, -0.1) is 0 Å². The van der Waals surface area contributed by atoms with E-state index in [1.54, 1.807) is 48.5 Å². The molecule has 5 heteroatoms. The van der Waals surface area contributed by atoms with E-state index in [1.165, 1.54) is 32.1 Å². The summed E-state index contributed by atoms with van der Waals surface area (Å²) in [5, 5.41) is 0. The summed E-state index contributed by atoms with van der Waals surface area (Å²) in [7, 11) is 0. The number of carbonyl (C=O) groups excluding carboxylic acids is 2. The molecule has 0 N–H and O–H groups in total. The van der Waals surface area contributed by atoms with Crippen LogP contribution in [-0.2, 0) is 4.79 Å². The normalized spacial score (nSPS) is 10.5. The number of rotatable bonds is 14. The van der Waals surface area contributed by atoms with E-state index >= 15 is 0 Å². The van der Waals surface area contributed by atoms with E-state index in [4.69, 9.17) is 14.2 Å². The maximum absolute atomic E-state index is 12.4. The number of unbranched alkanes of at least 4 members (excludes halogenated alkanes) is 5. The van der Waals surface area contributed by atoms with Crippen molar-refractivity contribution in [2.75, 3.05) is 13.2 Å².